The van der Waals surface area contributed by atoms with Gasteiger partial charge in [-0.1, -0.05) is 6.92 Å². The van der Waals surface area contributed by atoms with Crippen molar-refractivity contribution in [2.24, 2.45) is 0 Å². The predicted octanol–water partition coefficient (Wildman–Crippen LogP) is 2.93. The number of nitrogens with one attached hydrogen (secondary N) is 1. The summed E-state index contributed by atoms with van der Waals surface area (Å²) in [6.45, 7) is 4.75. The number of hydrogen-bond acceptors (Lipinski definition) is 3. The van der Waals surface area contributed by atoms with Crippen LogP contribution in [0.25, 0.3) is 0 Å². The maximum absolute atomic E-state index is 9.40. The van der Waals surface area contributed by atoms with E-state index in [0.29, 0.717) is 12.6 Å². The van der Waals surface area contributed by atoms with E-state index >= 15 is 0 Å². The Balaban J connectivity index is 2.43. The molecule has 80 valence electrons. The lowest BCUT2D eigenvalue weighted by Gasteiger charge is -2.15. The number of rotatable bonds is 5. The summed E-state index contributed by atoms with van der Waals surface area (Å²) in [5.74, 6) is 0. The fraction of sp³-hybridized carbons (Fsp3) is 0.600. The van der Waals surface area contributed by atoms with Gasteiger partial charge in [-0.25, -0.2) is 0 Å². The number of aliphatic hydroxyl groups is 1. The van der Waals surface area contributed by atoms with Gasteiger partial charge in [0.1, 0.15) is 0 Å². The molecule has 14 heavy (non-hydrogen) atoms. The minimum absolute atomic E-state index is 0.240. The first-order valence-corrected chi connectivity index (χ1v) is 6.46. The molecule has 1 aromatic heterocycles. The van der Waals surface area contributed by atoms with Gasteiger partial charge in [0.25, 0.3) is 0 Å². The average molecular weight is 278 g/mol. The highest BCUT2D eigenvalue weighted by atomic mass is 79.9. The van der Waals surface area contributed by atoms with Gasteiger partial charge in [0.15, 0.2) is 0 Å². The Kier molecular flexibility index (Phi) is 5.09. The lowest BCUT2D eigenvalue weighted by Crippen LogP contribution is -2.28. The Morgan fingerprint density at radius 1 is 1.64 bits per heavy atom. The third kappa shape index (κ3) is 3.35. The summed E-state index contributed by atoms with van der Waals surface area (Å²) in [5.41, 5.74) is 0. The molecule has 0 spiro atoms. The molecule has 2 atom stereocenters. The topological polar surface area (TPSA) is 32.3 Å². The summed E-state index contributed by atoms with van der Waals surface area (Å²) in [7, 11) is 0. The molecule has 0 amide bonds. The lowest BCUT2D eigenvalue weighted by molar-refractivity contribution is 0.164. The molecule has 0 radical (unpaired) electrons. The van der Waals surface area contributed by atoms with E-state index in [2.05, 4.69) is 39.6 Å². The summed E-state index contributed by atoms with van der Waals surface area (Å²) in [4.78, 5) is 1.29. The number of thiophene rings is 1. The van der Waals surface area contributed by atoms with Gasteiger partial charge in [-0.3, -0.25) is 0 Å². The molecule has 2 nitrogen and oxygen atoms in total. The number of hydrogen-bond donors (Lipinski definition) is 2. The van der Waals surface area contributed by atoms with Crippen LogP contribution in [0.5, 0.6) is 0 Å². The average Bonchev–Trinajstić information content (AvgIpc) is 2.60. The van der Waals surface area contributed by atoms with E-state index in [1.807, 2.05) is 6.92 Å². The summed E-state index contributed by atoms with van der Waals surface area (Å²) < 4.78 is 1.15. The molecule has 4 heteroatoms. The van der Waals surface area contributed by atoms with Gasteiger partial charge in [0.05, 0.1) is 6.10 Å². The molecule has 0 aliphatic heterocycles. The van der Waals surface area contributed by atoms with E-state index in [-0.39, 0.29) is 6.10 Å². The van der Waals surface area contributed by atoms with Crippen molar-refractivity contribution in [3.8, 4) is 0 Å². The fourth-order valence-corrected chi connectivity index (χ4v) is 2.91. The maximum Gasteiger partial charge on any atom is 0.0662 e. The summed E-state index contributed by atoms with van der Waals surface area (Å²) in [6.07, 6.45) is 0.557. The fourth-order valence-electron chi connectivity index (χ4n) is 1.16. The molecule has 0 saturated heterocycles. The molecule has 2 unspecified atom stereocenters. The molecule has 0 bridgehead atoms. The zero-order valence-electron chi connectivity index (χ0n) is 8.46. The molecule has 0 fully saturated rings. The zero-order chi connectivity index (χ0) is 10.6. The van der Waals surface area contributed by atoms with Gasteiger partial charge < -0.3 is 10.4 Å². The van der Waals surface area contributed by atoms with E-state index in [4.69, 9.17) is 0 Å². The summed E-state index contributed by atoms with van der Waals surface area (Å²) >= 11 is 5.22. The Morgan fingerprint density at radius 2 is 2.36 bits per heavy atom. The third-order valence-electron chi connectivity index (χ3n) is 2.17. The van der Waals surface area contributed by atoms with Crippen LogP contribution >= 0.6 is 27.3 Å². The van der Waals surface area contributed by atoms with Crippen molar-refractivity contribution in [3.05, 3.63) is 20.8 Å². The highest BCUT2D eigenvalue weighted by Crippen LogP contribution is 2.28. The second kappa shape index (κ2) is 5.85. The van der Waals surface area contributed by atoms with Crippen LogP contribution in [0.2, 0.25) is 0 Å². The minimum atomic E-state index is -0.240. The molecule has 1 aromatic rings. The van der Waals surface area contributed by atoms with E-state index in [9.17, 15) is 5.11 Å². The molecule has 0 aliphatic carbocycles. The SMILES string of the molecule is CCC(O)CNC(C)c1sccc1Br. The van der Waals surface area contributed by atoms with Crippen LogP contribution in [0.3, 0.4) is 0 Å². The van der Waals surface area contributed by atoms with E-state index in [1.54, 1.807) is 11.3 Å². The van der Waals surface area contributed by atoms with Gasteiger partial charge in [-0.2, -0.15) is 0 Å². The Bertz CT molecular complexity index is 277. The van der Waals surface area contributed by atoms with Crippen molar-refractivity contribution in [1.29, 1.82) is 0 Å². The van der Waals surface area contributed by atoms with Crippen molar-refractivity contribution < 1.29 is 5.11 Å². The van der Waals surface area contributed by atoms with Crippen LogP contribution in [0.4, 0.5) is 0 Å². The van der Waals surface area contributed by atoms with Crippen molar-refractivity contribution in [2.45, 2.75) is 32.4 Å². The first-order chi connectivity index (χ1) is 6.65. The van der Waals surface area contributed by atoms with Crippen LogP contribution in [0.1, 0.15) is 31.2 Å². The molecular formula is C10H16BrNOS. The molecule has 1 rings (SSSR count). The van der Waals surface area contributed by atoms with E-state index in [1.165, 1.54) is 4.88 Å². The molecule has 0 aliphatic rings. The number of halogens is 1. The molecule has 0 aromatic carbocycles. The monoisotopic (exact) mass is 277 g/mol. The zero-order valence-corrected chi connectivity index (χ0v) is 10.9. The predicted molar refractivity (Wildman–Crippen MR) is 64.7 cm³/mol. The largest absolute Gasteiger partial charge is 0.392 e. The van der Waals surface area contributed by atoms with Gasteiger partial charge in [0.2, 0.25) is 0 Å². The van der Waals surface area contributed by atoms with Gasteiger partial charge in [-0.05, 0) is 40.7 Å². The van der Waals surface area contributed by atoms with Crippen LogP contribution in [0, 0.1) is 0 Å². The molecule has 1 heterocycles. The quantitative estimate of drug-likeness (QED) is 0.868. The second-order valence-electron chi connectivity index (χ2n) is 3.32. The first kappa shape index (κ1) is 12.2. The molecular weight excluding hydrogens is 262 g/mol. The van der Waals surface area contributed by atoms with Crippen LogP contribution in [-0.4, -0.2) is 17.8 Å². The maximum atomic E-state index is 9.40. The van der Waals surface area contributed by atoms with Crippen LogP contribution in [0.15, 0.2) is 15.9 Å². The highest BCUT2D eigenvalue weighted by Gasteiger charge is 2.11. The summed E-state index contributed by atoms with van der Waals surface area (Å²) in [6, 6.07) is 2.35. The summed E-state index contributed by atoms with van der Waals surface area (Å²) in [5, 5.41) is 14.8. The molecule has 2 N–H and O–H groups in total. The molecule has 0 saturated carbocycles. The Morgan fingerprint density at radius 3 is 2.86 bits per heavy atom. The Hall–Kier alpha value is 0.100. The van der Waals surface area contributed by atoms with Crippen molar-refractivity contribution in [1.82, 2.24) is 5.32 Å². The van der Waals surface area contributed by atoms with Gasteiger partial charge in [0, 0.05) is 21.9 Å². The van der Waals surface area contributed by atoms with Gasteiger partial charge in [-0.15, -0.1) is 11.3 Å². The highest BCUT2D eigenvalue weighted by molar-refractivity contribution is 9.10. The first-order valence-electron chi connectivity index (χ1n) is 4.79. The minimum Gasteiger partial charge on any atom is -0.392 e. The van der Waals surface area contributed by atoms with Crippen molar-refractivity contribution >= 4 is 27.3 Å². The smallest absolute Gasteiger partial charge is 0.0662 e. The van der Waals surface area contributed by atoms with Crippen LogP contribution < -0.4 is 5.32 Å². The van der Waals surface area contributed by atoms with E-state index < -0.39 is 0 Å². The van der Waals surface area contributed by atoms with Gasteiger partial charge >= 0.3 is 0 Å². The van der Waals surface area contributed by atoms with Crippen LogP contribution in [-0.2, 0) is 0 Å². The van der Waals surface area contributed by atoms with Crippen molar-refractivity contribution in [2.75, 3.05) is 6.54 Å². The third-order valence-corrected chi connectivity index (χ3v) is 4.22. The lowest BCUT2D eigenvalue weighted by atomic mass is 10.2. The normalized spacial score (nSPS) is 15.4. The standard InChI is InChI=1S/C10H16BrNOS/c1-3-8(13)6-12-7(2)10-9(11)4-5-14-10/h4-5,7-8,12-13H,3,6H2,1-2H3. The number of aliphatic hydroxyl groups excluding tert-OH is 1. The second-order valence-corrected chi connectivity index (χ2v) is 5.13. The van der Waals surface area contributed by atoms with Crippen molar-refractivity contribution in [3.63, 3.8) is 0 Å². The Labute approximate surface area is 97.5 Å². The van der Waals surface area contributed by atoms with E-state index in [0.717, 1.165) is 10.9 Å².